The van der Waals surface area contributed by atoms with Crippen molar-refractivity contribution in [1.29, 1.82) is 0 Å². The molecule has 2 aromatic rings. The fourth-order valence-electron chi connectivity index (χ4n) is 3.14. The van der Waals surface area contributed by atoms with Crippen LogP contribution in [0, 0.1) is 0 Å². The standard InChI is InChI=1S/C21H27N3O3S/c1-3-24(4-2)16-17-9-7-10-18(15-17)27-14-8-13-22-21-19-11-5-6-12-20(19)28(25,26)23-21/h5-7,9-12,15H,3-4,8,13-14,16H2,1-2H3,(H,22,23). The maximum absolute atomic E-state index is 12.0. The molecule has 3 rings (SSSR count). The lowest BCUT2D eigenvalue weighted by Crippen LogP contribution is -2.25. The normalized spacial score (nSPS) is 14.6. The zero-order valence-corrected chi connectivity index (χ0v) is 17.2. The van der Waals surface area contributed by atoms with E-state index in [-0.39, 0.29) is 4.90 Å². The highest BCUT2D eigenvalue weighted by atomic mass is 32.2. The molecular weight excluding hydrogens is 374 g/mol. The van der Waals surface area contributed by atoms with Crippen molar-refractivity contribution in [3.63, 3.8) is 0 Å². The number of hydrogen-bond donors (Lipinski definition) is 1. The second-order valence-corrected chi connectivity index (χ2v) is 8.22. The molecule has 0 amide bonds. The fourth-order valence-corrected chi connectivity index (χ4v) is 4.34. The van der Waals surface area contributed by atoms with Gasteiger partial charge in [-0.1, -0.05) is 38.1 Å². The minimum absolute atomic E-state index is 0.263. The van der Waals surface area contributed by atoms with Crippen molar-refractivity contribution >= 4 is 15.9 Å². The van der Waals surface area contributed by atoms with E-state index in [4.69, 9.17) is 4.74 Å². The highest BCUT2D eigenvalue weighted by Gasteiger charge is 2.27. The SMILES string of the molecule is CCN(CC)Cc1cccc(OCCCNC2=NS(=O)(=O)c3ccccc32)c1. The Morgan fingerprint density at radius 3 is 2.64 bits per heavy atom. The van der Waals surface area contributed by atoms with Gasteiger partial charge in [-0.2, -0.15) is 8.42 Å². The summed E-state index contributed by atoms with van der Waals surface area (Å²) in [5.74, 6) is 1.27. The predicted molar refractivity (Wildman–Crippen MR) is 111 cm³/mol. The van der Waals surface area contributed by atoms with Crippen molar-refractivity contribution in [2.24, 2.45) is 4.40 Å². The molecule has 0 spiro atoms. The van der Waals surface area contributed by atoms with Gasteiger partial charge in [0.2, 0.25) is 0 Å². The average molecular weight is 402 g/mol. The molecule has 0 aromatic heterocycles. The van der Waals surface area contributed by atoms with Crippen LogP contribution >= 0.6 is 0 Å². The van der Waals surface area contributed by atoms with E-state index in [2.05, 4.69) is 40.6 Å². The third-order valence-corrected chi connectivity index (χ3v) is 6.05. The Hall–Kier alpha value is -2.38. The molecule has 1 N–H and O–H groups in total. The van der Waals surface area contributed by atoms with Gasteiger partial charge in [0, 0.05) is 18.7 Å². The van der Waals surface area contributed by atoms with Crippen LogP contribution in [0.1, 0.15) is 31.4 Å². The molecule has 0 fully saturated rings. The molecule has 6 nitrogen and oxygen atoms in total. The van der Waals surface area contributed by atoms with Crippen molar-refractivity contribution in [1.82, 2.24) is 10.2 Å². The van der Waals surface area contributed by atoms with Crippen molar-refractivity contribution in [2.75, 3.05) is 26.2 Å². The maximum Gasteiger partial charge on any atom is 0.285 e. The lowest BCUT2D eigenvalue weighted by molar-refractivity contribution is 0.292. The molecule has 28 heavy (non-hydrogen) atoms. The molecule has 7 heteroatoms. The fraction of sp³-hybridized carbons (Fsp3) is 0.381. The van der Waals surface area contributed by atoms with E-state index in [0.717, 1.165) is 31.8 Å². The minimum Gasteiger partial charge on any atom is -0.494 e. The van der Waals surface area contributed by atoms with Gasteiger partial charge in [0.1, 0.15) is 16.5 Å². The number of rotatable bonds is 9. The first kappa shape index (κ1) is 20.4. The molecule has 0 atom stereocenters. The van der Waals surface area contributed by atoms with E-state index in [1.165, 1.54) is 5.56 Å². The molecule has 0 saturated carbocycles. The topological polar surface area (TPSA) is 71.0 Å². The molecule has 0 bridgehead atoms. The van der Waals surface area contributed by atoms with Gasteiger partial charge in [-0.05, 0) is 49.3 Å². The number of fused-ring (bicyclic) bond motifs is 1. The zero-order valence-electron chi connectivity index (χ0n) is 16.4. The van der Waals surface area contributed by atoms with Gasteiger partial charge in [-0.25, -0.2) is 0 Å². The molecule has 2 aromatic carbocycles. The molecule has 0 aliphatic carbocycles. The Kier molecular flexibility index (Phi) is 6.70. The molecule has 0 saturated heterocycles. The summed E-state index contributed by atoms with van der Waals surface area (Å²) in [6.45, 7) is 8.42. The van der Waals surface area contributed by atoms with Crippen LogP contribution < -0.4 is 10.1 Å². The van der Waals surface area contributed by atoms with Crippen molar-refractivity contribution in [2.45, 2.75) is 31.7 Å². The largest absolute Gasteiger partial charge is 0.494 e. The van der Waals surface area contributed by atoms with Gasteiger partial charge in [-0.15, -0.1) is 4.40 Å². The number of nitrogens with one attached hydrogen (secondary N) is 1. The zero-order chi connectivity index (χ0) is 20.0. The second-order valence-electron chi connectivity index (χ2n) is 6.65. The minimum atomic E-state index is -3.57. The number of hydrogen-bond acceptors (Lipinski definition) is 5. The molecule has 0 unspecified atom stereocenters. The lowest BCUT2D eigenvalue weighted by Gasteiger charge is -2.18. The van der Waals surface area contributed by atoms with Crippen LogP contribution in [0.25, 0.3) is 0 Å². The summed E-state index contributed by atoms with van der Waals surface area (Å²) in [6.07, 6.45) is 0.738. The Morgan fingerprint density at radius 1 is 1.07 bits per heavy atom. The molecule has 1 aliphatic heterocycles. The smallest absolute Gasteiger partial charge is 0.285 e. The first-order chi connectivity index (χ1) is 13.5. The summed E-state index contributed by atoms with van der Waals surface area (Å²) >= 11 is 0. The maximum atomic E-state index is 12.0. The van der Waals surface area contributed by atoms with Crippen LogP contribution in [0.2, 0.25) is 0 Å². The third kappa shape index (κ3) is 4.91. The summed E-state index contributed by atoms with van der Waals surface area (Å²) in [6, 6.07) is 15.0. The molecule has 1 heterocycles. The van der Waals surface area contributed by atoms with Crippen LogP contribution in [0.5, 0.6) is 5.75 Å². The van der Waals surface area contributed by atoms with Crippen molar-refractivity contribution in [3.8, 4) is 5.75 Å². The summed E-state index contributed by atoms with van der Waals surface area (Å²) in [7, 11) is -3.57. The summed E-state index contributed by atoms with van der Waals surface area (Å²) < 4.78 is 33.8. The van der Waals surface area contributed by atoms with Crippen LogP contribution in [-0.4, -0.2) is 45.4 Å². The third-order valence-electron chi connectivity index (χ3n) is 4.71. The first-order valence-electron chi connectivity index (χ1n) is 9.66. The Bertz CT molecular complexity index is 937. The summed E-state index contributed by atoms with van der Waals surface area (Å²) in [5, 5.41) is 3.12. The number of benzene rings is 2. The van der Waals surface area contributed by atoms with Gasteiger partial charge in [0.05, 0.1) is 6.61 Å². The first-order valence-corrected chi connectivity index (χ1v) is 11.1. The van der Waals surface area contributed by atoms with Gasteiger partial charge in [0.25, 0.3) is 10.0 Å². The highest BCUT2D eigenvalue weighted by Crippen LogP contribution is 2.24. The Balaban J connectivity index is 1.47. The van der Waals surface area contributed by atoms with E-state index < -0.39 is 10.0 Å². The van der Waals surface area contributed by atoms with Crippen LogP contribution in [-0.2, 0) is 16.6 Å². The Morgan fingerprint density at radius 2 is 1.86 bits per heavy atom. The van der Waals surface area contributed by atoms with Crippen LogP contribution in [0.3, 0.4) is 0 Å². The van der Waals surface area contributed by atoms with Crippen LogP contribution in [0.15, 0.2) is 57.8 Å². The lowest BCUT2D eigenvalue weighted by atomic mass is 10.2. The van der Waals surface area contributed by atoms with E-state index in [1.54, 1.807) is 18.2 Å². The van der Waals surface area contributed by atoms with E-state index in [0.29, 0.717) is 24.6 Å². The molecule has 150 valence electrons. The van der Waals surface area contributed by atoms with Gasteiger partial charge in [-0.3, -0.25) is 4.90 Å². The van der Waals surface area contributed by atoms with Gasteiger partial charge < -0.3 is 10.1 Å². The number of amidine groups is 1. The molecule has 1 aliphatic rings. The molecular formula is C21H27N3O3S. The molecule has 0 radical (unpaired) electrons. The number of sulfonamides is 1. The predicted octanol–water partition coefficient (Wildman–Crippen LogP) is 3.04. The quantitative estimate of drug-likeness (QED) is 0.654. The van der Waals surface area contributed by atoms with E-state index >= 15 is 0 Å². The van der Waals surface area contributed by atoms with Crippen LogP contribution in [0.4, 0.5) is 0 Å². The number of nitrogens with zero attached hydrogens (tertiary/aromatic N) is 2. The number of ether oxygens (including phenoxy) is 1. The van der Waals surface area contributed by atoms with Gasteiger partial charge in [0.15, 0.2) is 0 Å². The van der Waals surface area contributed by atoms with E-state index in [1.807, 2.05) is 18.2 Å². The van der Waals surface area contributed by atoms with Crippen molar-refractivity contribution in [3.05, 3.63) is 59.7 Å². The van der Waals surface area contributed by atoms with Gasteiger partial charge >= 0.3 is 0 Å². The second kappa shape index (κ2) is 9.21. The monoisotopic (exact) mass is 401 g/mol. The Labute approximate surface area is 167 Å². The average Bonchev–Trinajstić information content (AvgIpc) is 2.97. The summed E-state index contributed by atoms with van der Waals surface area (Å²) in [4.78, 5) is 2.62. The summed E-state index contributed by atoms with van der Waals surface area (Å²) in [5.41, 5.74) is 1.87. The van der Waals surface area contributed by atoms with E-state index in [9.17, 15) is 8.42 Å². The highest BCUT2D eigenvalue weighted by molar-refractivity contribution is 7.90. The van der Waals surface area contributed by atoms with Crippen molar-refractivity contribution < 1.29 is 13.2 Å².